The molecule has 4 aromatic rings. The van der Waals surface area contributed by atoms with E-state index in [-0.39, 0.29) is 24.1 Å². The van der Waals surface area contributed by atoms with Crippen molar-refractivity contribution in [1.29, 1.82) is 0 Å². The fourth-order valence-electron chi connectivity index (χ4n) is 5.50. The summed E-state index contributed by atoms with van der Waals surface area (Å²) in [5, 5.41) is 3.91. The van der Waals surface area contributed by atoms with Gasteiger partial charge in [-0.15, -0.1) is 0 Å². The summed E-state index contributed by atoms with van der Waals surface area (Å²) >= 11 is 0. The summed E-state index contributed by atoms with van der Waals surface area (Å²) in [7, 11) is 2.14. The predicted molar refractivity (Wildman–Crippen MR) is 162 cm³/mol. The number of hydrogen-bond acceptors (Lipinski definition) is 6. The second kappa shape index (κ2) is 11.2. The summed E-state index contributed by atoms with van der Waals surface area (Å²) in [5.41, 5.74) is 11.2. The Hall–Kier alpha value is -4.11. The number of carbonyl (C=O) groups excluding carboxylic acids is 1. The Bertz CT molecular complexity index is 1590. The normalized spacial score (nSPS) is 15.0. The van der Waals surface area contributed by atoms with E-state index >= 15 is 0 Å². The van der Waals surface area contributed by atoms with Gasteiger partial charge in [0.15, 0.2) is 0 Å². The molecule has 0 aliphatic carbocycles. The van der Waals surface area contributed by atoms with Crippen LogP contribution in [-0.4, -0.2) is 58.6 Å². The fraction of sp³-hybridized carbons (Fsp3) is 0.387. The van der Waals surface area contributed by atoms with Gasteiger partial charge in [-0.05, 0) is 81.3 Å². The number of piperazine rings is 1. The Balaban J connectivity index is 1.52. The Morgan fingerprint density at radius 3 is 2.50 bits per heavy atom. The Morgan fingerprint density at radius 1 is 1.10 bits per heavy atom. The molecule has 40 heavy (non-hydrogen) atoms. The first-order chi connectivity index (χ1) is 19.2. The van der Waals surface area contributed by atoms with Crippen LogP contribution in [0.4, 0.5) is 11.6 Å². The van der Waals surface area contributed by atoms with E-state index in [9.17, 15) is 9.59 Å². The Labute approximate surface area is 235 Å². The molecule has 1 saturated heterocycles. The molecule has 0 spiro atoms. The van der Waals surface area contributed by atoms with E-state index in [0.29, 0.717) is 16.9 Å². The van der Waals surface area contributed by atoms with Crippen molar-refractivity contribution in [1.82, 2.24) is 24.8 Å². The average Bonchev–Trinajstić information content (AvgIpc) is 3.28. The number of nitrogen functional groups attached to an aromatic ring is 1. The van der Waals surface area contributed by atoms with Crippen LogP contribution in [0.15, 0.2) is 47.5 Å². The monoisotopic (exact) mass is 541 g/mol. The van der Waals surface area contributed by atoms with Crippen molar-refractivity contribution in [3.63, 3.8) is 0 Å². The standard InChI is InChI=1S/C31H39N7O2/c1-6-21(4)38-18-20(3)29-24(30(39)34-17-25-19(2)13-27(32)35-31(25)40)14-23(15-26(29)38)22-7-8-28(33-16-22)37-11-9-36(5)10-12-37/h7-8,13-16,18,21H,6,9-12,17H2,1-5H3,(H,34,39)(H3,32,35,40). The van der Waals surface area contributed by atoms with E-state index in [4.69, 9.17) is 10.7 Å². The van der Waals surface area contributed by atoms with Gasteiger partial charge in [0.1, 0.15) is 11.6 Å². The maximum absolute atomic E-state index is 13.7. The van der Waals surface area contributed by atoms with Gasteiger partial charge in [0.25, 0.3) is 11.5 Å². The van der Waals surface area contributed by atoms with E-state index in [1.807, 2.05) is 26.1 Å². The van der Waals surface area contributed by atoms with Crippen LogP contribution < -0.4 is 21.5 Å². The van der Waals surface area contributed by atoms with Crippen LogP contribution >= 0.6 is 0 Å². The zero-order chi connectivity index (χ0) is 28.6. The molecule has 9 nitrogen and oxygen atoms in total. The minimum absolute atomic E-state index is 0.110. The van der Waals surface area contributed by atoms with Gasteiger partial charge < -0.3 is 30.4 Å². The maximum atomic E-state index is 13.7. The highest BCUT2D eigenvalue weighted by Gasteiger charge is 2.21. The van der Waals surface area contributed by atoms with Crippen LogP contribution in [0.2, 0.25) is 0 Å². The van der Waals surface area contributed by atoms with Crippen molar-refractivity contribution in [3.05, 3.63) is 75.3 Å². The summed E-state index contributed by atoms with van der Waals surface area (Å²) in [6, 6.07) is 10.2. The number of carbonyl (C=O) groups is 1. The third-order valence-electron chi connectivity index (χ3n) is 8.15. The third kappa shape index (κ3) is 5.34. The number of rotatable bonds is 7. The summed E-state index contributed by atoms with van der Waals surface area (Å²) in [6.45, 7) is 12.3. The maximum Gasteiger partial charge on any atom is 0.254 e. The first-order valence-corrected chi connectivity index (χ1v) is 14.0. The van der Waals surface area contributed by atoms with Crippen molar-refractivity contribution in [2.45, 2.75) is 46.7 Å². The number of H-pyrrole nitrogens is 1. The molecule has 3 aromatic heterocycles. The summed E-state index contributed by atoms with van der Waals surface area (Å²) in [5.74, 6) is 1.05. The number of likely N-dealkylation sites (N-methyl/N-ethyl adjacent to an activating group) is 1. The van der Waals surface area contributed by atoms with Gasteiger partial charge in [-0.2, -0.15) is 0 Å². The van der Waals surface area contributed by atoms with Crippen molar-refractivity contribution < 1.29 is 4.79 Å². The third-order valence-corrected chi connectivity index (χ3v) is 8.15. The summed E-state index contributed by atoms with van der Waals surface area (Å²) in [4.78, 5) is 38.2. The first-order valence-electron chi connectivity index (χ1n) is 14.0. The number of amides is 1. The number of fused-ring (bicyclic) bond motifs is 1. The lowest BCUT2D eigenvalue weighted by Crippen LogP contribution is -2.44. The number of pyridine rings is 2. The molecule has 0 bridgehead atoms. The SMILES string of the molecule is CCC(C)n1cc(C)c2c(C(=O)NCc3c(C)cc(N)[nH]c3=O)cc(-c3ccc(N4CCN(C)CC4)nc3)cc21. The number of nitrogens with two attached hydrogens (primary N) is 1. The second-order valence-electron chi connectivity index (χ2n) is 11.0. The van der Waals surface area contributed by atoms with E-state index in [1.54, 1.807) is 6.07 Å². The molecule has 5 rings (SSSR count). The number of aromatic nitrogens is 3. The molecule has 4 N–H and O–H groups in total. The molecule has 210 valence electrons. The molecule has 1 aromatic carbocycles. The molecule has 1 amide bonds. The lowest BCUT2D eigenvalue weighted by Gasteiger charge is -2.33. The molecule has 1 unspecified atom stereocenters. The largest absolute Gasteiger partial charge is 0.385 e. The quantitative estimate of drug-likeness (QED) is 0.323. The fourth-order valence-corrected chi connectivity index (χ4v) is 5.50. The zero-order valence-corrected chi connectivity index (χ0v) is 24.0. The molecule has 0 saturated carbocycles. The van der Waals surface area contributed by atoms with Crippen molar-refractivity contribution in [2.24, 2.45) is 0 Å². The lowest BCUT2D eigenvalue weighted by atomic mass is 9.98. The van der Waals surface area contributed by atoms with Crippen LogP contribution in [0.25, 0.3) is 22.0 Å². The van der Waals surface area contributed by atoms with Crippen LogP contribution in [0.5, 0.6) is 0 Å². The van der Waals surface area contributed by atoms with E-state index < -0.39 is 0 Å². The number of aromatic amines is 1. The highest BCUT2D eigenvalue weighted by molar-refractivity contribution is 6.09. The molecule has 1 atom stereocenters. The summed E-state index contributed by atoms with van der Waals surface area (Å²) in [6.07, 6.45) is 5.00. The molecule has 1 aliphatic rings. The van der Waals surface area contributed by atoms with Gasteiger partial charge in [0, 0.05) is 78.8 Å². The molecular formula is C31H39N7O2. The van der Waals surface area contributed by atoms with Gasteiger partial charge in [-0.25, -0.2) is 4.98 Å². The van der Waals surface area contributed by atoms with Gasteiger partial charge in [0.2, 0.25) is 0 Å². The number of hydrogen-bond donors (Lipinski definition) is 3. The van der Waals surface area contributed by atoms with Gasteiger partial charge in [-0.1, -0.05) is 6.92 Å². The molecule has 0 radical (unpaired) electrons. The second-order valence-corrected chi connectivity index (χ2v) is 11.0. The van der Waals surface area contributed by atoms with Crippen molar-refractivity contribution in [2.75, 3.05) is 43.9 Å². The van der Waals surface area contributed by atoms with Gasteiger partial charge in [-0.3, -0.25) is 9.59 Å². The van der Waals surface area contributed by atoms with Crippen LogP contribution in [0.1, 0.15) is 53.4 Å². The van der Waals surface area contributed by atoms with E-state index in [2.05, 4.69) is 70.0 Å². The first kappa shape index (κ1) is 27.5. The molecular weight excluding hydrogens is 502 g/mol. The van der Waals surface area contributed by atoms with Crippen molar-refractivity contribution >= 4 is 28.4 Å². The van der Waals surface area contributed by atoms with Crippen molar-refractivity contribution in [3.8, 4) is 11.1 Å². The Kier molecular flexibility index (Phi) is 7.67. The highest BCUT2D eigenvalue weighted by Crippen LogP contribution is 2.34. The van der Waals surface area contributed by atoms with Crippen LogP contribution in [0, 0.1) is 13.8 Å². The molecule has 9 heteroatoms. The lowest BCUT2D eigenvalue weighted by molar-refractivity contribution is 0.0952. The Morgan fingerprint density at radius 2 is 1.85 bits per heavy atom. The van der Waals surface area contributed by atoms with Gasteiger partial charge >= 0.3 is 0 Å². The average molecular weight is 542 g/mol. The molecule has 4 heterocycles. The van der Waals surface area contributed by atoms with Crippen LogP contribution in [0.3, 0.4) is 0 Å². The summed E-state index contributed by atoms with van der Waals surface area (Å²) < 4.78 is 2.26. The zero-order valence-electron chi connectivity index (χ0n) is 24.0. The smallest absolute Gasteiger partial charge is 0.254 e. The highest BCUT2D eigenvalue weighted by atomic mass is 16.1. The minimum atomic E-state index is -0.290. The topological polar surface area (TPSA) is 112 Å². The van der Waals surface area contributed by atoms with Gasteiger partial charge in [0.05, 0.1) is 0 Å². The van der Waals surface area contributed by atoms with E-state index in [0.717, 1.165) is 71.6 Å². The number of anilines is 2. The number of benzene rings is 1. The number of nitrogens with zero attached hydrogens (tertiary/aromatic N) is 4. The number of nitrogens with one attached hydrogen (secondary N) is 2. The molecule has 1 fully saturated rings. The predicted octanol–water partition coefficient (Wildman–Crippen LogP) is 4.24. The minimum Gasteiger partial charge on any atom is -0.385 e. The molecule has 1 aliphatic heterocycles. The number of aryl methyl sites for hydroxylation is 2. The van der Waals surface area contributed by atoms with E-state index in [1.165, 1.54) is 0 Å². The van der Waals surface area contributed by atoms with Crippen LogP contribution in [-0.2, 0) is 6.54 Å².